The molecule has 2 aliphatic rings. The third kappa shape index (κ3) is 2.02. The molecule has 2 fully saturated rings. The number of halogens is 1. The smallest absolute Gasteiger partial charge is 0.152 e. The number of nitrogens with zero attached hydrogens (tertiary/aromatic N) is 1. The van der Waals surface area contributed by atoms with Gasteiger partial charge in [0, 0.05) is 22.8 Å². The van der Waals surface area contributed by atoms with Crippen molar-refractivity contribution in [1.29, 1.82) is 0 Å². The third-order valence-corrected chi connectivity index (χ3v) is 4.15. The Morgan fingerprint density at radius 3 is 3.11 bits per heavy atom. The van der Waals surface area contributed by atoms with E-state index in [2.05, 4.69) is 4.90 Å². The van der Waals surface area contributed by atoms with E-state index in [1.54, 1.807) is 12.1 Å². The number of ether oxygens (including phenoxy) is 1. The summed E-state index contributed by atoms with van der Waals surface area (Å²) in [6, 6.07) is 5.85. The van der Waals surface area contributed by atoms with Crippen molar-refractivity contribution in [3.8, 4) is 0 Å². The van der Waals surface area contributed by atoms with Gasteiger partial charge in [-0.3, -0.25) is 4.79 Å². The van der Waals surface area contributed by atoms with Crippen LogP contribution in [0, 0.1) is 0 Å². The van der Waals surface area contributed by atoms with Gasteiger partial charge in [-0.05, 0) is 37.5 Å². The van der Waals surface area contributed by atoms with Crippen LogP contribution in [0.15, 0.2) is 18.2 Å². The monoisotopic (exact) mass is 265 g/mol. The summed E-state index contributed by atoms with van der Waals surface area (Å²) in [7, 11) is 0. The predicted octanol–water partition coefficient (Wildman–Crippen LogP) is 2.91. The molecule has 1 aliphatic heterocycles. The van der Waals surface area contributed by atoms with E-state index in [0.717, 1.165) is 38.0 Å². The fraction of sp³-hybridized carbons (Fsp3) is 0.500. The SMILES string of the molecule is O=Cc1ccc(Cl)cc1N1CCOC2CCCC21. The maximum Gasteiger partial charge on any atom is 0.152 e. The molecule has 0 bridgehead atoms. The first-order chi connectivity index (χ1) is 8.79. The average molecular weight is 266 g/mol. The topological polar surface area (TPSA) is 29.5 Å². The number of benzene rings is 1. The lowest BCUT2D eigenvalue weighted by Crippen LogP contribution is -2.49. The minimum atomic E-state index is 0.317. The van der Waals surface area contributed by atoms with Gasteiger partial charge < -0.3 is 9.64 Å². The zero-order valence-electron chi connectivity index (χ0n) is 10.1. The van der Waals surface area contributed by atoms with Gasteiger partial charge in [0.25, 0.3) is 0 Å². The molecule has 2 unspecified atom stereocenters. The first kappa shape index (κ1) is 12.0. The Morgan fingerprint density at radius 2 is 2.28 bits per heavy atom. The second-order valence-electron chi connectivity index (χ2n) is 4.92. The summed E-state index contributed by atoms with van der Waals surface area (Å²) >= 11 is 6.06. The molecule has 96 valence electrons. The van der Waals surface area contributed by atoms with Crippen LogP contribution in [0.3, 0.4) is 0 Å². The Balaban J connectivity index is 1.97. The molecular weight excluding hydrogens is 250 g/mol. The molecule has 0 amide bonds. The van der Waals surface area contributed by atoms with Gasteiger partial charge in [-0.25, -0.2) is 0 Å². The highest BCUT2D eigenvalue weighted by Gasteiger charge is 2.36. The Hall–Kier alpha value is -1.06. The van der Waals surface area contributed by atoms with Crippen molar-refractivity contribution in [1.82, 2.24) is 0 Å². The quantitative estimate of drug-likeness (QED) is 0.770. The molecular formula is C14H16ClNO2. The van der Waals surface area contributed by atoms with Crippen LogP contribution in [0.25, 0.3) is 0 Å². The molecule has 1 aromatic rings. The summed E-state index contributed by atoms with van der Waals surface area (Å²) in [5.41, 5.74) is 1.67. The summed E-state index contributed by atoms with van der Waals surface area (Å²) in [6.07, 6.45) is 4.68. The van der Waals surface area contributed by atoms with E-state index >= 15 is 0 Å². The van der Waals surface area contributed by atoms with Crippen LogP contribution < -0.4 is 4.90 Å². The van der Waals surface area contributed by atoms with E-state index in [-0.39, 0.29) is 0 Å². The minimum absolute atomic E-state index is 0.317. The van der Waals surface area contributed by atoms with Crippen molar-refractivity contribution in [3.63, 3.8) is 0 Å². The first-order valence-corrected chi connectivity index (χ1v) is 6.80. The molecule has 1 saturated carbocycles. The van der Waals surface area contributed by atoms with Gasteiger partial charge in [-0.2, -0.15) is 0 Å². The van der Waals surface area contributed by atoms with Crippen LogP contribution in [-0.4, -0.2) is 31.6 Å². The summed E-state index contributed by atoms with van der Waals surface area (Å²) in [5.74, 6) is 0. The zero-order valence-corrected chi connectivity index (χ0v) is 10.9. The number of hydrogen-bond donors (Lipinski definition) is 0. The van der Waals surface area contributed by atoms with Gasteiger partial charge >= 0.3 is 0 Å². The van der Waals surface area contributed by atoms with Crippen molar-refractivity contribution in [3.05, 3.63) is 28.8 Å². The van der Waals surface area contributed by atoms with E-state index in [9.17, 15) is 4.79 Å². The number of rotatable bonds is 2. The largest absolute Gasteiger partial charge is 0.374 e. The van der Waals surface area contributed by atoms with Gasteiger partial charge in [0.05, 0.1) is 18.8 Å². The lowest BCUT2D eigenvalue weighted by atomic mass is 10.1. The molecule has 1 aromatic carbocycles. The number of hydrogen-bond acceptors (Lipinski definition) is 3. The number of fused-ring (bicyclic) bond motifs is 1. The van der Waals surface area contributed by atoms with Gasteiger partial charge in [0.15, 0.2) is 6.29 Å². The van der Waals surface area contributed by atoms with Gasteiger partial charge in [0.2, 0.25) is 0 Å². The lowest BCUT2D eigenvalue weighted by Gasteiger charge is -2.40. The summed E-state index contributed by atoms with van der Waals surface area (Å²) in [6.45, 7) is 1.56. The van der Waals surface area contributed by atoms with E-state index in [1.807, 2.05) is 6.07 Å². The Labute approximate surface area is 112 Å². The third-order valence-electron chi connectivity index (χ3n) is 3.91. The number of carbonyl (C=O) groups is 1. The van der Waals surface area contributed by atoms with Crippen LogP contribution in [0.4, 0.5) is 5.69 Å². The Kier molecular flexibility index (Phi) is 3.27. The highest BCUT2D eigenvalue weighted by atomic mass is 35.5. The second-order valence-corrected chi connectivity index (χ2v) is 5.36. The van der Waals surface area contributed by atoms with Crippen LogP contribution in [0.2, 0.25) is 5.02 Å². The molecule has 18 heavy (non-hydrogen) atoms. The normalized spacial score (nSPS) is 27.1. The van der Waals surface area contributed by atoms with Crippen LogP contribution >= 0.6 is 11.6 Å². The van der Waals surface area contributed by atoms with Crippen molar-refractivity contribution >= 4 is 23.6 Å². The number of anilines is 1. The Morgan fingerprint density at radius 1 is 1.39 bits per heavy atom. The number of morpholine rings is 1. The summed E-state index contributed by atoms with van der Waals surface area (Å²) < 4.78 is 5.79. The summed E-state index contributed by atoms with van der Waals surface area (Å²) in [5, 5.41) is 0.677. The molecule has 1 saturated heterocycles. The molecule has 4 heteroatoms. The standard InChI is InChI=1S/C14H16ClNO2/c15-11-5-4-10(9-17)13(8-11)16-6-7-18-14-3-1-2-12(14)16/h4-5,8-9,12,14H,1-3,6-7H2. The fourth-order valence-corrected chi connectivity index (χ4v) is 3.26. The zero-order chi connectivity index (χ0) is 12.5. The summed E-state index contributed by atoms with van der Waals surface area (Å²) in [4.78, 5) is 13.5. The number of carbonyl (C=O) groups excluding carboxylic acids is 1. The minimum Gasteiger partial charge on any atom is -0.374 e. The molecule has 3 rings (SSSR count). The molecule has 0 N–H and O–H groups in total. The molecule has 0 aromatic heterocycles. The van der Waals surface area contributed by atoms with Gasteiger partial charge in [-0.1, -0.05) is 11.6 Å². The average Bonchev–Trinajstić information content (AvgIpc) is 2.86. The van der Waals surface area contributed by atoms with E-state index in [0.29, 0.717) is 22.7 Å². The van der Waals surface area contributed by atoms with Crippen LogP contribution in [0.5, 0.6) is 0 Å². The van der Waals surface area contributed by atoms with Crippen molar-refractivity contribution < 1.29 is 9.53 Å². The maximum absolute atomic E-state index is 11.2. The van der Waals surface area contributed by atoms with Gasteiger partial charge in [0.1, 0.15) is 0 Å². The molecule has 3 nitrogen and oxygen atoms in total. The van der Waals surface area contributed by atoms with Gasteiger partial charge in [-0.15, -0.1) is 0 Å². The van der Waals surface area contributed by atoms with E-state index in [4.69, 9.17) is 16.3 Å². The highest BCUT2D eigenvalue weighted by Crippen LogP contribution is 2.35. The molecule has 0 spiro atoms. The maximum atomic E-state index is 11.2. The van der Waals surface area contributed by atoms with Crippen molar-refractivity contribution in [2.24, 2.45) is 0 Å². The number of aldehydes is 1. The first-order valence-electron chi connectivity index (χ1n) is 6.42. The second kappa shape index (κ2) is 4.90. The van der Waals surface area contributed by atoms with Crippen LogP contribution in [-0.2, 0) is 4.74 Å². The molecule has 1 aliphatic carbocycles. The van der Waals surface area contributed by atoms with E-state index < -0.39 is 0 Å². The molecule has 1 heterocycles. The van der Waals surface area contributed by atoms with Crippen molar-refractivity contribution in [2.45, 2.75) is 31.4 Å². The molecule has 2 atom stereocenters. The highest BCUT2D eigenvalue weighted by molar-refractivity contribution is 6.31. The molecule has 0 radical (unpaired) electrons. The van der Waals surface area contributed by atoms with E-state index in [1.165, 1.54) is 6.42 Å². The predicted molar refractivity (Wildman–Crippen MR) is 71.6 cm³/mol. The Bertz CT molecular complexity index is 463. The van der Waals surface area contributed by atoms with Crippen LogP contribution in [0.1, 0.15) is 29.6 Å². The van der Waals surface area contributed by atoms with Crippen molar-refractivity contribution in [2.75, 3.05) is 18.1 Å². The fourth-order valence-electron chi connectivity index (χ4n) is 3.09. The lowest BCUT2D eigenvalue weighted by molar-refractivity contribution is 0.0256.